The standard InChI is InChI=1S/C18H24N4O/c1-2-23-16-7-5-15(6-8-16)12-21-9-10-22-17(11-14-3-4-14)19-20-18(22)13-21/h5-8,14H,2-4,9-13H2,1H3. The number of nitrogens with zero attached hydrogens (tertiary/aromatic N) is 4. The molecule has 5 nitrogen and oxygen atoms in total. The van der Waals surface area contributed by atoms with Crippen molar-refractivity contribution in [3.8, 4) is 5.75 Å². The van der Waals surface area contributed by atoms with E-state index in [4.69, 9.17) is 4.74 Å². The van der Waals surface area contributed by atoms with Gasteiger partial charge in [0.15, 0.2) is 0 Å². The summed E-state index contributed by atoms with van der Waals surface area (Å²) in [6, 6.07) is 8.42. The van der Waals surface area contributed by atoms with E-state index in [-0.39, 0.29) is 0 Å². The Morgan fingerprint density at radius 1 is 1.13 bits per heavy atom. The molecule has 4 rings (SSSR count). The summed E-state index contributed by atoms with van der Waals surface area (Å²) in [5.41, 5.74) is 1.32. The normalized spacial score (nSPS) is 18.0. The van der Waals surface area contributed by atoms with E-state index in [1.165, 1.54) is 24.2 Å². The van der Waals surface area contributed by atoms with E-state index in [1.54, 1.807) is 0 Å². The largest absolute Gasteiger partial charge is 0.494 e. The van der Waals surface area contributed by atoms with Crippen LogP contribution in [-0.2, 0) is 26.1 Å². The van der Waals surface area contributed by atoms with Gasteiger partial charge in [-0.05, 0) is 43.4 Å². The minimum Gasteiger partial charge on any atom is -0.494 e. The Balaban J connectivity index is 1.38. The molecule has 0 amide bonds. The molecule has 5 heteroatoms. The van der Waals surface area contributed by atoms with Crippen LogP contribution < -0.4 is 4.74 Å². The lowest BCUT2D eigenvalue weighted by Crippen LogP contribution is -2.34. The highest BCUT2D eigenvalue weighted by molar-refractivity contribution is 5.27. The van der Waals surface area contributed by atoms with Gasteiger partial charge in [-0.1, -0.05) is 12.1 Å². The first-order valence-corrected chi connectivity index (χ1v) is 8.67. The van der Waals surface area contributed by atoms with Crippen LogP contribution in [0.15, 0.2) is 24.3 Å². The minimum atomic E-state index is 0.713. The highest BCUT2D eigenvalue weighted by Crippen LogP contribution is 2.32. The van der Waals surface area contributed by atoms with Gasteiger partial charge in [-0.2, -0.15) is 0 Å². The van der Waals surface area contributed by atoms with Crippen molar-refractivity contribution in [3.05, 3.63) is 41.5 Å². The number of fused-ring (bicyclic) bond motifs is 1. The zero-order valence-electron chi connectivity index (χ0n) is 13.7. The van der Waals surface area contributed by atoms with Gasteiger partial charge >= 0.3 is 0 Å². The van der Waals surface area contributed by atoms with Crippen LogP contribution in [0.2, 0.25) is 0 Å². The molecular formula is C18H24N4O. The van der Waals surface area contributed by atoms with Crippen LogP contribution in [-0.4, -0.2) is 32.8 Å². The summed E-state index contributed by atoms with van der Waals surface area (Å²) in [7, 11) is 0. The second-order valence-electron chi connectivity index (χ2n) is 6.62. The Labute approximate surface area is 137 Å². The topological polar surface area (TPSA) is 43.2 Å². The lowest BCUT2D eigenvalue weighted by Gasteiger charge is -2.27. The van der Waals surface area contributed by atoms with Crippen molar-refractivity contribution in [2.24, 2.45) is 5.92 Å². The van der Waals surface area contributed by atoms with Crippen LogP contribution in [0.1, 0.15) is 37.0 Å². The smallest absolute Gasteiger partial charge is 0.147 e. The van der Waals surface area contributed by atoms with Crippen molar-refractivity contribution in [1.29, 1.82) is 0 Å². The molecule has 0 saturated heterocycles. The van der Waals surface area contributed by atoms with Crippen molar-refractivity contribution < 1.29 is 4.74 Å². The third kappa shape index (κ3) is 3.39. The highest BCUT2D eigenvalue weighted by Gasteiger charge is 2.27. The molecule has 0 unspecified atom stereocenters. The fourth-order valence-electron chi connectivity index (χ4n) is 3.25. The van der Waals surface area contributed by atoms with Crippen molar-refractivity contribution in [3.63, 3.8) is 0 Å². The van der Waals surface area contributed by atoms with Crippen molar-refractivity contribution >= 4 is 0 Å². The molecule has 2 aromatic rings. The van der Waals surface area contributed by atoms with Gasteiger partial charge in [0.25, 0.3) is 0 Å². The van der Waals surface area contributed by atoms with E-state index >= 15 is 0 Å². The lowest BCUT2D eigenvalue weighted by atomic mass is 10.2. The third-order valence-electron chi connectivity index (χ3n) is 4.72. The molecule has 0 bridgehead atoms. The average molecular weight is 312 g/mol. The first-order valence-electron chi connectivity index (χ1n) is 8.67. The Bertz CT molecular complexity index is 660. The molecule has 1 saturated carbocycles. The number of hydrogen-bond acceptors (Lipinski definition) is 4. The summed E-state index contributed by atoms with van der Waals surface area (Å²) in [5.74, 6) is 4.13. The molecule has 2 aliphatic rings. The van der Waals surface area contributed by atoms with Gasteiger partial charge in [0.05, 0.1) is 13.2 Å². The van der Waals surface area contributed by atoms with Gasteiger partial charge in [0.1, 0.15) is 17.4 Å². The number of rotatable bonds is 6. The molecule has 0 N–H and O–H groups in total. The number of benzene rings is 1. The quantitative estimate of drug-likeness (QED) is 0.822. The number of hydrogen-bond donors (Lipinski definition) is 0. The summed E-state index contributed by atoms with van der Waals surface area (Å²) in [5, 5.41) is 8.84. The van der Waals surface area contributed by atoms with E-state index in [9.17, 15) is 0 Å². The number of aromatic nitrogens is 3. The van der Waals surface area contributed by atoms with Gasteiger partial charge in [-0.15, -0.1) is 10.2 Å². The molecule has 1 aromatic heterocycles. The van der Waals surface area contributed by atoms with E-state index in [0.29, 0.717) is 6.61 Å². The van der Waals surface area contributed by atoms with Crippen LogP contribution in [0.4, 0.5) is 0 Å². The molecule has 23 heavy (non-hydrogen) atoms. The predicted molar refractivity (Wildman–Crippen MR) is 88.2 cm³/mol. The summed E-state index contributed by atoms with van der Waals surface area (Å²) in [6.45, 7) is 6.65. The first-order chi connectivity index (χ1) is 11.3. The van der Waals surface area contributed by atoms with E-state index in [2.05, 4.69) is 43.9 Å². The van der Waals surface area contributed by atoms with Crippen LogP contribution in [0.3, 0.4) is 0 Å². The fourth-order valence-corrected chi connectivity index (χ4v) is 3.25. The van der Waals surface area contributed by atoms with Crippen LogP contribution in [0, 0.1) is 5.92 Å². The third-order valence-corrected chi connectivity index (χ3v) is 4.72. The van der Waals surface area contributed by atoms with Crippen molar-refractivity contribution in [2.75, 3.05) is 13.2 Å². The SMILES string of the molecule is CCOc1ccc(CN2CCn3c(CC4CC4)nnc3C2)cc1. The summed E-state index contributed by atoms with van der Waals surface area (Å²) >= 11 is 0. The monoisotopic (exact) mass is 312 g/mol. The molecule has 0 spiro atoms. The molecule has 0 atom stereocenters. The van der Waals surface area contributed by atoms with Gasteiger partial charge in [0, 0.05) is 26.1 Å². The first kappa shape index (κ1) is 14.7. The van der Waals surface area contributed by atoms with Gasteiger partial charge in [-0.25, -0.2) is 0 Å². The molecular weight excluding hydrogens is 288 g/mol. The lowest BCUT2D eigenvalue weighted by molar-refractivity contribution is 0.207. The van der Waals surface area contributed by atoms with Gasteiger partial charge < -0.3 is 9.30 Å². The second-order valence-corrected chi connectivity index (χ2v) is 6.62. The zero-order valence-corrected chi connectivity index (χ0v) is 13.7. The Hall–Kier alpha value is -1.88. The molecule has 1 aliphatic heterocycles. The maximum absolute atomic E-state index is 5.50. The second kappa shape index (κ2) is 6.32. The predicted octanol–water partition coefficient (Wildman–Crippen LogP) is 2.65. The molecule has 0 radical (unpaired) electrons. The highest BCUT2D eigenvalue weighted by atomic mass is 16.5. The summed E-state index contributed by atoms with van der Waals surface area (Å²) in [4.78, 5) is 2.45. The maximum Gasteiger partial charge on any atom is 0.147 e. The van der Waals surface area contributed by atoms with Crippen molar-refractivity contribution in [1.82, 2.24) is 19.7 Å². The maximum atomic E-state index is 5.50. The summed E-state index contributed by atoms with van der Waals surface area (Å²) in [6.07, 6.45) is 3.85. The molecule has 1 aromatic carbocycles. The van der Waals surface area contributed by atoms with E-state index in [0.717, 1.165) is 50.1 Å². The van der Waals surface area contributed by atoms with Crippen molar-refractivity contribution in [2.45, 2.75) is 45.8 Å². The fraction of sp³-hybridized carbons (Fsp3) is 0.556. The van der Waals surface area contributed by atoms with Gasteiger partial charge in [-0.3, -0.25) is 4.90 Å². The Morgan fingerprint density at radius 3 is 2.70 bits per heavy atom. The minimum absolute atomic E-state index is 0.713. The molecule has 122 valence electrons. The van der Waals surface area contributed by atoms with Crippen LogP contribution in [0.25, 0.3) is 0 Å². The average Bonchev–Trinajstić information content (AvgIpc) is 3.30. The van der Waals surface area contributed by atoms with Crippen LogP contribution >= 0.6 is 0 Å². The van der Waals surface area contributed by atoms with Crippen LogP contribution in [0.5, 0.6) is 5.75 Å². The van der Waals surface area contributed by atoms with Gasteiger partial charge in [0.2, 0.25) is 0 Å². The molecule has 2 heterocycles. The Morgan fingerprint density at radius 2 is 1.96 bits per heavy atom. The Kier molecular flexibility index (Phi) is 4.04. The van der Waals surface area contributed by atoms with E-state index < -0.39 is 0 Å². The molecule has 1 aliphatic carbocycles. The summed E-state index contributed by atoms with van der Waals surface area (Å²) < 4.78 is 7.84. The zero-order chi connectivity index (χ0) is 15.6. The molecule has 1 fully saturated rings. The van der Waals surface area contributed by atoms with E-state index in [1.807, 2.05) is 6.92 Å². The number of ether oxygens (including phenoxy) is 1.